The lowest BCUT2D eigenvalue weighted by Gasteiger charge is -2.06. The second kappa shape index (κ2) is 5.85. The Hall–Kier alpha value is -2.53. The van der Waals surface area contributed by atoms with E-state index < -0.39 is 0 Å². The Morgan fingerprint density at radius 3 is 2.95 bits per heavy atom. The number of nitrogens with zero attached hydrogens (tertiary/aromatic N) is 2. The SMILES string of the molecule is Cc1cc(C(=O)N/N=C/c2cccs2)c2ccccc2n1. The van der Waals surface area contributed by atoms with Crippen LogP contribution in [0, 0.1) is 6.92 Å². The number of benzene rings is 1. The quantitative estimate of drug-likeness (QED) is 0.595. The van der Waals surface area contributed by atoms with E-state index in [1.807, 2.05) is 48.7 Å². The predicted molar refractivity (Wildman–Crippen MR) is 85.9 cm³/mol. The molecular weight excluding hydrogens is 282 g/mol. The summed E-state index contributed by atoms with van der Waals surface area (Å²) in [5.41, 5.74) is 4.77. The number of hydrogen-bond donors (Lipinski definition) is 1. The number of hydrazone groups is 1. The standard InChI is InChI=1S/C16H13N3OS/c1-11-9-14(13-6-2-3-7-15(13)18-11)16(20)19-17-10-12-5-4-8-21-12/h2-10H,1H3,(H,19,20)/b17-10+. The molecule has 3 rings (SSSR count). The molecule has 0 saturated heterocycles. The number of para-hydroxylation sites is 1. The molecule has 0 saturated carbocycles. The van der Waals surface area contributed by atoms with Gasteiger partial charge in [0.15, 0.2) is 0 Å². The fourth-order valence-corrected chi connectivity index (χ4v) is 2.66. The molecule has 0 aliphatic heterocycles. The Balaban J connectivity index is 1.87. The Morgan fingerprint density at radius 2 is 2.14 bits per heavy atom. The van der Waals surface area contributed by atoms with Gasteiger partial charge in [-0.1, -0.05) is 24.3 Å². The summed E-state index contributed by atoms with van der Waals surface area (Å²) in [5, 5.41) is 6.78. The maximum atomic E-state index is 12.3. The van der Waals surface area contributed by atoms with Crippen LogP contribution in [0.25, 0.3) is 10.9 Å². The first-order valence-electron chi connectivity index (χ1n) is 6.47. The number of pyridine rings is 1. The van der Waals surface area contributed by atoms with Gasteiger partial charge in [0.05, 0.1) is 17.3 Å². The Morgan fingerprint density at radius 1 is 1.29 bits per heavy atom. The smallest absolute Gasteiger partial charge is 0.267 e. The lowest BCUT2D eigenvalue weighted by molar-refractivity contribution is 0.0956. The second-order valence-electron chi connectivity index (χ2n) is 4.54. The first-order chi connectivity index (χ1) is 10.2. The lowest BCUT2D eigenvalue weighted by atomic mass is 10.1. The molecule has 1 aromatic carbocycles. The van der Waals surface area contributed by atoms with Crippen molar-refractivity contribution in [1.29, 1.82) is 0 Å². The summed E-state index contributed by atoms with van der Waals surface area (Å²) in [4.78, 5) is 17.7. The third-order valence-corrected chi connectivity index (χ3v) is 3.80. The highest BCUT2D eigenvalue weighted by Crippen LogP contribution is 2.18. The van der Waals surface area contributed by atoms with Gasteiger partial charge in [-0.25, -0.2) is 5.43 Å². The molecule has 0 radical (unpaired) electrons. The molecule has 0 fully saturated rings. The van der Waals surface area contributed by atoms with Crippen LogP contribution in [0.3, 0.4) is 0 Å². The van der Waals surface area contributed by atoms with Crippen molar-refractivity contribution in [3.63, 3.8) is 0 Å². The van der Waals surface area contributed by atoms with E-state index in [1.54, 1.807) is 23.6 Å². The maximum Gasteiger partial charge on any atom is 0.272 e. The average Bonchev–Trinajstić information content (AvgIpc) is 2.99. The average molecular weight is 295 g/mol. The number of hydrogen-bond acceptors (Lipinski definition) is 4. The van der Waals surface area contributed by atoms with Crippen molar-refractivity contribution >= 4 is 34.4 Å². The van der Waals surface area contributed by atoms with Gasteiger partial charge in [0.25, 0.3) is 5.91 Å². The third-order valence-electron chi connectivity index (χ3n) is 2.99. The molecule has 0 aliphatic carbocycles. The number of aryl methyl sites for hydroxylation is 1. The van der Waals surface area contributed by atoms with Crippen molar-refractivity contribution in [2.24, 2.45) is 5.10 Å². The number of aromatic nitrogens is 1. The van der Waals surface area contributed by atoms with Crippen molar-refractivity contribution < 1.29 is 4.79 Å². The normalized spacial score (nSPS) is 11.1. The zero-order valence-corrected chi connectivity index (χ0v) is 12.2. The summed E-state index contributed by atoms with van der Waals surface area (Å²) in [6, 6.07) is 13.2. The molecule has 1 amide bonds. The van der Waals surface area contributed by atoms with Gasteiger partial charge in [-0.15, -0.1) is 11.3 Å². The molecule has 21 heavy (non-hydrogen) atoms. The minimum absolute atomic E-state index is 0.232. The van der Waals surface area contributed by atoms with Crippen LogP contribution in [0.4, 0.5) is 0 Å². The van der Waals surface area contributed by atoms with E-state index in [1.165, 1.54) is 0 Å². The molecule has 0 atom stereocenters. The molecule has 1 N–H and O–H groups in total. The fraction of sp³-hybridized carbons (Fsp3) is 0.0625. The summed E-state index contributed by atoms with van der Waals surface area (Å²) in [7, 11) is 0. The summed E-state index contributed by atoms with van der Waals surface area (Å²) < 4.78 is 0. The highest BCUT2D eigenvalue weighted by molar-refractivity contribution is 7.11. The van der Waals surface area contributed by atoms with Crippen LogP contribution in [0.1, 0.15) is 20.9 Å². The van der Waals surface area contributed by atoms with Gasteiger partial charge in [-0.2, -0.15) is 5.10 Å². The molecule has 3 aromatic rings. The lowest BCUT2D eigenvalue weighted by Crippen LogP contribution is -2.18. The van der Waals surface area contributed by atoms with Crippen LogP contribution in [0.2, 0.25) is 0 Å². The second-order valence-corrected chi connectivity index (χ2v) is 5.52. The van der Waals surface area contributed by atoms with Gasteiger partial charge in [-0.05, 0) is 30.5 Å². The summed E-state index contributed by atoms with van der Waals surface area (Å²) in [5.74, 6) is -0.232. The molecule has 0 aliphatic rings. The van der Waals surface area contributed by atoms with Crippen LogP contribution in [0.15, 0.2) is 52.9 Å². The molecule has 104 valence electrons. The molecule has 0 spiro atoms. The van der Waals surface area contributed by atoms with E-state index >= 15 is 0 Å². The van der Waals surface area contributed by atoms with Gasteiger partial charge in [0.2, 0.25) is 0 Å². The van der Waals surface area contributed by atoms with Crippen molar-refractivity contribution in [3.8, 4) is 0 Å². The number of amides is 1. The molecule has 4 nitrogen and oxygen atoms in total. The Bertz CT molecular complexity index is 810. The number of nitrogens with one attached hydrogen (secondary N) is 1. The highest BCUT2D eigenvalue weighted by Gasteiger charge is 2.10. The Labute approximate surface area is 126 Å². The van der Waals surface area contributed by atoms with Crippen molar-refractivity contribution in [1.82, 2.24) is 10.4 Å². The van der Waals surface area contributed by atoms with Crippen molar-refractivity contribution in [2.75, 3.05) is 0 Å². The van der Waals surface area contributed by atoms with Gasteiger partial charge < -0.3 is 0 Å². The van der Waals surface area contributed by atoms with Crippen LogP contribution < -0.4 is 5.43 Å². The molecule has 2 aromatic heterocycles. The number of thiophene rings is 1. The largest absolute Gasteiger partial charge is 0.272 e. The minimum atomic E-state index is -0.232. The zero-order valence-electron chi connectivity index (χ0n) is 11.4. The van der Waals surface area contributed by atoms with Crippen LogP contribution in [-0.2, 0) is 0 Å². The predicted octanol–water partition coefficient (Wildman–Crippen LogP) is 3.37. The van der Waals surface area contributed by atoms with Crippen molar-refractivity contribution in [2.45, 2.75) is 6.92 Å². The van der Waals surface area contributed by atoms with E-state index in [4.69, 9.17) is 0 Å². The first kappa shape index (κ1) is 13.5. The molecule has 0 unspecified atom stereocenters. The van der Waals surface area contributed by atoms with Crippen LogP contribution in [0.5, 0.6) is 0 Å². The topological polar surface area (TPSA) is 54.4 Å². The zero-order chi connectivity index (χ0) is 14.7. The maximum absolute atomic E-state index is 12.3. The van der Waals surface area contributed by atoms with Gasteiger partial charge in [0, 0.05) is 16.0 Å². The molecular formula is C16H13N3OS. The number of carbonyl (C=O) groups excluding carboxylic acids is 1. The highest BCUT2D eigenvalue weighted by atomic mass is 32.1. The van der Waals surface area contributed by atoms with E-state index in [2.05, 4.69) is 15.5 Å². The van der Waals surface area contributed by atoms with E-state index in [9.17, 15) is 4.79 Å². The van der Waals surface area contributed by atoms with E-state index in [0.717, 1.165) is 21.5 Å². The first-order valence-corrected chi connectivity index (χ1v) is 7.35. The van der Waals surface area contributed by atoms with Gasteiger partial charge in [-0.3, -0.25) is 9.78 Å². The van der Waals surface area contributed by atoms with Gasteiger partial charge >= 0.3 is 0 Å². The molecule has 2 heterocycles. The summed E-state index contributed by atoms with van der Waals surface area (Å²) in [6.07, 6.45) is 1.64. The minimum Gasteiger partial charge on any atom is -0.267 e. The van der Waals surface area contributed by atoms with Crippen LogP contribution in [-0.4, -0.2) is 17.1 Å². The number of rotatable bonds is 3. The molecule has 0 bridgehead atoms. The van der Waals surface area contributed by atoms with Gasteiger partial charge in [0.1, 0.15) is 0 Å². The number of fused-ring (bicyclic) bond motifs is 1. The van der Waals surface area contributed by atoms with E-state index in [0.29, 0.717) is 5.56 Å². The Kier molecular flexibility index (Phi) is 3.75. The third kappa shape index (κ3) is 2.98. The molecule has 5 heteroatoms. The summed E-state index contributed by atoms with van der Waals surface area (Å²) in [6.45, 7) is 1.87. The number of carbonyl (C=O) groups is 1. The monoisotopic (exact) mass is 295 g/mol. The van der Waals surface area contributed by atoms with Crippen LogP contribution >= 0.6 is 11.3 Å². The van der Waals surface area contributed by atoms with E-state index in [-0.39, 0.29) is 5.91 Å². The van der Waals surface area contributed by atoms with Crippen molar-refractivity contribution in [3.05, 3.63) is 64.0 Å². The summed E-state index contributed by atoms with van der Waals surface area (Å²) >= 11 is 1.56. The fourth-order valence-electron chi connectivity index (χ4n) is 2.08.